The summed E-state index contributed by atoms with van der Waals surface area (Å²) in [5, 5.41) is 9.61. The van der Waals surface area contributed by atoms with Crippen LogP contribution in [0.4, 0.5) is 0 Å². The van der Waals surface area contributed by atoms with Gasteiger partial charge >= 0.3 is 0 Å². The molecule has 0 aromatic rings. The lowest BCUT2D eigenvalue weighted by Gasteiger charge is -2.21. The van der Waals surface area contributed by atoms with Gasteiger partial charge in [0.2, 0.25) is 0 Å². The van der Waals surface area contributed by atoms with E-state index in [4.69, 9.17) is 0 Å². The fourth-order valence-corrected chi connectivity index (χ4v) is 1.51. The van der Waals surface area contributed by atoms with Crippen LogP contribution in [0.2, 0.25) is 0 Å². The molecule has 1 rings (SSSR count). The molecule has 0 aromatic carbocycles. The Kier molecular flexibility index (Phi) is 2.35. The Balaban J connectivity index is 2.30. The van der Waals surface area contributed by atoms with Gasteiger partial charge in [-0.3, -0.25) is 0 Å². The normalized spacial score (nSPS) is 24.9. The lowest BCUT2D eigenvalue weighted by molar-refractivity contribution is 0.0626. The molecular formula is C9H18O. The van der Waals surface area contributed by atoms with Gasteiger partial charge in [-0.2, -0.15) is 0 Å². The van der Waals surface area contributed by atoms with Gasteiger partial charge in [-0.1, -0.05) is 20.8 Å². The van der Waals surface area contributed by atoms with E-state index >= 15 is 0 Å². The van der Waals surface area contributed by atoms with Gasteiger partial charge in [0.1, 0.15) is 0 Å². The minimum atomic E-state index is -0.0764. The van der Waals surface area contributed by atoms with Crippen molar-refractivity contribution in [3.05, 3.63) is 0 Å². The number of aliphatic hydroxyl groups excluding tert-OH is 1. The van der Waals surface area contributed by atoms with Crippen molar-refractivity contribution < 1.29 is 5.11 Å². The second kappa shape index (κ2) is 2.91. The first kappa shape index (κ1) is 8.06. The van der Waals surface area contributed by atoms with E-state index in [0.717, 1.165) is 5.92 Å². The van der Waals surface area contributed by atoms with Gasteiger partial charge in [0, 0.05) is 0 Å². The van der Waals surface area contributed by atoms with Crippen LogP contribution in [0.5, 0.6) is 0 Å². The highest BCUT2D eigenvalue weighted by Gasteiger charge is 2.33. The molecule has 1 aliphatic rings. The summed E-state index contributed by atoms with van der Waals surface area (Å²) < 4.78 is 0. The SMILES string of the molecule is CC(C)C(O)C(C)C1CC1. The van der Waals surface area contributed by atoms with E-state index in [9.17, 15) is 5.11 Å². The third-order valence-corrected chi connectivity index (χ3v) is 2.59. The molecule has 0 radical (unpaired) electrons. The zero-order valence-corrected chi connectivity index (χ0v) is 7.17. The molecule has 2 unspecified atom stereocenters. The van der Waals surface area contributed by atoms with Crippen molar-refractivity contribution in [1.29, 1.82) is 0 Å². The smallest absolute Gasteiger partial charge is 0.0591 e. The number of aliphatic hydroxyl groups is 1. The minimum absolute atomic E-state index is 0.0764. The first-order valence-corrected chi connectivity index (χ1v) is 4.31. The predicted molar refractivity (Wildman–Crippen MR) is 42.7 cm³/mol. The van der Waals surface area contributed by atoms with E-state index in [2.05, 4.69) is 20.8 Å². The van der Waals surface area contributed by atoms with E-state index in [-0.39, 0.29) is 6.10 Å². The molecule has 1 aliphatic carbocycles. The van der Waals surface area contributed by atoms with Crippen molar-refractivity contribution in [2.45, 2.75) is 39.7 Å². The Hall–Kier alpha value is -0.0400. The number of rotatable bonds is 3. The molecule has 0 aliphatic heterocycles. The van der Waals surface area contributed by atoms with E-state index in [1.807, 2.05) is 0 Å². The Morgan fingerprint density at radius 2 is 1.70 bits per heavy atom. The average molecular weight is 142 g/mol. The highest BCUT2D eigenvalue weighted by atomic mass is 16.3. The highest BCUT2D eigenvalue weighted by molar-refractivity contribution is 4.83. The van der Waals surface area contributed by atoms with Gasteiger partial charge in [-0.05, 0) is 30.6 Å². The van der Waals surface area contributed by atoms with E-state index in [1.165, 1.54) is 12.8 Å². The summed E-state index contributed by atoms with van der Waals surface area (Å²) in [6, 6.07) is 0. The minimum Gasteiger partial charge on any atom is -0.393 e. The molecule has 0 amide bonds. The monoisotopic (exact) mass is 142 g/mol. The van der Waals surface area contributed by atoms with Gasteiger partial charge < -0.3 is 5.11 Å². The maximum atomic E-state index is 9.61. The zero-order chi connectivity index (χ0) is 7.72. The third-order valence-electron chi connectivity index (χ3n) is 2.59. The van der Waals surface area contributed by atoms with Crippen LogP contribution in [0.25, 0.3) is 0 Å². The van der Waals surface area contributed by atoms with Crippen LogP contribution >= 0.6 is 0 Å². The maximum absolute atomic E-state index is 9.61. The lowest BCUT2D eigenvalue weighted by atomic mass is 9.91. The molecule has 10 heavy (non-hydrogen) atoms. The van der Waals surface area contributed by atoms with Crippen LogP contribution in [0.1, 0.15) is 33.6 Å². The Morgan fingerprint density at radius 1 is 1.20 bits per heavy atom. The van der Waals surface area contributed by atoms with Crippen molar-refractivity contribution in [1.82, 2.24) is 0 Å². The molecule has 60 valence electrons. The van der Waals surface area contributed by atoms with E-state index < -0.39 is 0 Å². The molecule has 1 fully saturated rings. The van der Waals surface area contributed by atoms with Crippen molar-refractivity contribution in [2.24, 2.45) is 17.8 Å². The molecule has 0 saturated heterocycles. The molecule has 1 nitrogen and oxygen atoms in total. The van der Waals surface area contributed by atoms with Crippen LogP contribution < -0.4 is 0 Å². The average Bonchev–Trinajstić information content (AvgIpc) is 2.65. The summed E-state index contributed by atoms with van der Waals surface area (Å²) in [7, 11) is 0. The van der Waals surface area contributed by atoms with E-state index in [0.29, 0.717) is 11.8 Å². The van der Waals surface area contributed by atoms with Gasteiger partial charge in [0.25, 0.3) is 0 Å². The Morgan fingerprint density at radius 3 is 2.00 bits per heavy atom. The molecule has 0 bridgehead atoms. The molecule has 1 N–H and O–H groups in total. The summed E-state index contributed by atoms with van der Waals surface area (Å²) >= 11 is 0. The largest absolute Gasteiger partial charge is 0.393 e. The quantitative estimate of drug-likeness (QED) is 0.639. The van der Waals surface area contributed by atoms with Crippen molar-refractivity contribution in [3.8, 4) is 0 Å². The van der Waals surface area contributed by atoms with Crippen molar-refractivity contribution in [3.63, 3.8) is 0 Å². The Bertz CT molecular complexity index is 99.3. The van der Waals surface area contributed by atoms with Crippen LogP contribution in [0, 0.1) is 17.8 Å². The fourth-order valence-electron chi connectivity index (χ4n) is 1.51. The standard InChI is InChI=1S/C9H18O/c1-6(2)9(10)7(3)8-4-5-8/h6-10H,4-5H2,1-3H3. The lowest BCUT2D eigenvalue weighted by Crippen LogP contribution is -2.24. The van der Waals surface area contributed by atoms with Crippen LogP contribution in [0.3, 0.4) is 0 Å². The van der Waals surface area contributed by atoms with Crippen molar-refractivity contribution in [2.75, 3.05) is 0 Å². The Labute approximate surface area is 63.4 Å². The number of hydrogen-bond donors (Lipinski definition) is 1. The third kappa shape index (κ3) is 1.72. The van der Waals surface area contributed by atoms with Crippen LogP contribution in [0.15, 0.2) is 0 Å². The summed E-state index contributed by atoms with van der Waals surface area (Å²) in [6.07, 6.45) is 2.60. The summed E-state index contributed by atoms with van der Waals surface area (Å²) in [6.45, 7) is 6.34. The van der Waals surface area contributed by atoms with Gasteiger partial charge in [-0.15, -0.1) is 0 Å². The maximum Gasteiger partial charge on any atom is 0.0591 e. The second-order valence-electron chi connectivity index (χ2n) is 3.93. The molecule has 2 atom stereocenters. The van der Waals surface area contributed by atoms with Gasteiger partial charge in [0.15, 0.2) is 0 Å². The number of hydrogen-bond acceptors (Lipinski definition) is 1. The van der Waals surface area contributed by atoms with Crippen LogP contribution in [-0.4, -0.2) is 11.2 Å². The summed E-state index contributed by atoms with van der Waals surface area (Å²) in [5.74, 6) is 1.79. The summed E-state index contributed by atoms with van der Waals surface area (Å²) in [5.41, 5.74) is 0. The second-order valence-corrected chi connectivity index (χ2v) is 3.93. The molecule has 0 heterocycles. The molecule has 0 spiro atoms. The van der Waals surface area contributed by atoms with E-state index in [1.54, 1.807) is 0 Å². The van der Waals surface area contributed by atoms with Gasteiger partial charge in [-0.25, -0.2) is 0 Å². The fraction of sp³-hybridized carbons (Fsp3) is 1.00. The van der Waals surface area contributed by atoms with Crippen molar-refractivity contribution >= 4 is 0 Å². The molecule has 1 heteroatoms. The predicted octanol–water partition coefficient (Wildman–Crippen LogP) is 2.05. The molecular weight excluding hydrogens is 124 g/mol. The zero-order valence-electron chi connectivity index (χ0n) is 7.17. The van der Waals surface area contributed by atoms with Crippen LogP contribution in [-0.2, 0) is 0 Å². The summed E-state index contributed by atoms with van der Waals surface area (Å²) in [4.78, 5) is 0. The molecule has 1 saturated carbocycles. The topological polar surface area (TPSA) is 20.2 Å². The first-order chi connectivity index (χ1) is 4.63. The first-order valence-electron chi connectivity index (χ1n) is 4.31. The molecule has 0 aromatic heterocycles. The van der Waals surface area contributed by atoms with Gasteiger partial charge in [0.05, 0.1) is 6.10 Å². The highest BCUT2D eigenvalue weighted by Crippen LogP contribution is 2.39.